The Morgan fingerprint density at radius 1 is 0.495 bits per heavy atom. The number of ether oxygens (including phenoxy) is 4. The Morgan fingerprint density at radius 3 is 1.59 bits per heavy atom. The van der Waals surface area contributed by atoms with Gasteiger partial charge in [-0.25, -0.2) is 0 Å². The van der Waals surface area contributed by atoms with Gasteiger partial charge in [0.1, 0.15) is 78.8 Å². The van der Waals surface area contributed by atoms with Crippen LogP contribution in [-0.4, -0.2) is 224 Å². The summed E-state index contributed by atoms with van der Waals surface area (Å²) >= 11 is 0. The third kappa shape index (κ3) is 5.05. The zero-order valence-electron chi connectivity index (χ0n) is 54.3. The Labute approximate surface area is 536 Å². The molecule has 0 aromatic heterocycles. The number of aliphatic hydroxyl groups excluding tert-OH is 4. The molecule has 0 heterocycles. The molecule has 4 N–H and O–H groups in total. The van der Waals surface area contributed by atoms with Gasteiger partial charge >= 0.3 is 23.9 Å². The number of benzene rings is 8. The van der Waals surface area contributed by atoms with Crippen molar-refractivity contribution < 1.29 is 76.5 Å². The van der Waals surface area contributed by atoms with Crippen LogP contribution in [0.4, 0.5) is 0 Å². The Morgan fingerprint density at radius 2 is 1.00 bits per heavy atom. The van der Waals surface area contributed by atoms with Gasteiger partial charge in [-0.2, -0.15) is 0 Å². The fourth-order valence-electron chi connectivity index (χ4n) is 25.0. The average molecular weight is 1250 g/mol. The summed E-state index contributed by atoms with van der Waals surface area (Å²) in [5.74, 6) is -2.63. The summed E-state index contributed by atoms with van der Waals surface area (Å²) in [5.41, 5.74) is 2.44. The number of hydrogen-bond donors (Lipinski definition) is 4. The molecule has 4 spiro atoms. The van der Waals surface area contributed by atoms with Crippen molar-refractivity contribution in [2.24, 2.45) is 22.2 Å². The van der Waals surface area contributed by atoms with E-state index in [2.05, 4.69) is 48.6 Å². The Kier molecular flexibility index (Phi) is 9.53. The zero-order chi connectivity index (χ0) is 63.8. The van der Waals surface area contributed by atoms with Gasteiger partial charge in [-0.15, -0.1) is 0 Å². The quantitative estimate of drug-likeness (QED) is 0.0123. The Balaban J connectivity index is 0.908. The molecular weight excluding hydrogens is 1170 g/mol. The maximum absolute atomic E-state index is 17.0. The Hall–Kier alpha value is -7.12. The minimum Gasteiger partial charge on any atom is -0.459 e. The molecule has 10 aromatic rings. The molecule has 4 fully saturated rings. The highest BCUT2D eigenvalue weighted by atomic mass is 16.6. The van der Waals surface area contributed by atoms with Crippen LogP contribution in [0.3, 0.4) is 0 Å². The van der Waals surface area contributed by atoms with Gasteiger partial charge in [0.25, 0.3) is 0 Å². The van der Waals surface area contributed by atoms with Crippen LogP contribution in [0, 0.1) is 22.2 Å². The minimum absolute atomic E-state index is 0.0242. The van der Waals surface area contributed by atoms with Crippen LogP contribution in [-0.2, 0) is 66.2 Å². The van der Waals surface area contributed by atoms with Crippen molar-refractivity contribution >= 4 is 133 Å². The fraction of sp³-hybridized carbons (Fsp3) is 0.481. The van der Waals surface area contributed by atoms with Gasteiger partial charge in [0.2, 0.25) is 0 Å². The van der Waals surface area contributed by atoms with Gasteiger partial charge in [-0.3, -0.25) is 19.2 Å². The van der Waals surface area contributed by atoms with Crippen molar-refractivity contribution in [1.82, 2.24) is 0 Å². The fourth-order valence-corrected chi connectivity index (χ4v) is 25.0. The standard InChI is InChI=1S/C77H78N4O12/c1-78(2,15-23-82)19-27-90-67(86)75(68(87)91-28-20-79(3,4)16-24-83)72-14-12-39-33-40-32-38-11-13-71-36-43-35-42-34-41-31-37-9-10-44(72)49-45(37)50-46(41)57-60-53-52(50)58(49)65-59-54(53)55-51(47(40)56(59)62(39)73(65,72)75)48(38)64(71)61(55)66(60)74(63(42)57)76(77(43,71)74,69(88)92-29-21-80(5,6)17-25-84)70(89)93-30-22-81(7,8)18-26-85/h9-11,13,31-34,43,63,82-85H,12,14-30,35-36H2,1-8H3/q+4. The van der Waals surface area contributed by atoms with Gasteiger partial charge in [0.05, 0.1) is 88.2 Å². The second-order valence-electron chi connectivity index (χ2n) is 33.2. The highest BCUT2D eigenvalue weighted by Gasteiger charge is 3.08. The molecule has 0 bridgehead atoms. The summed E-state index contributed by atoms with van der Waals surface area (Å²) in [6, 6.07) is 11.7. The third-order valence-corrected chi connectivity index (χ3v) is 28.1. The number of aliphatic hydroxyl groups is 4. The van der Waals surface area contributed by atoms with Crippen molar-refractivity contribution in [3.63, 3.8) is 0 Å². The minimum atomic E-state index is -1.86. The van der Waals surface area contributed by atoms with Gasteiger partial charge in [-0.1, -0.05) is 42.0 Å². The number of hydrogen-bond acceptors (Lipinski definition) is 12. The number of aryl methyl sites for hydroxylation is 1. The number of nitrogens with zero attached hydrogens (tertiary/aromatic N) is 4. The van der Waals surface area contributed by atoms with E-state index < -0.39 is 61.8 Å². The lowest BCUT2D eigenvalue weighted by Crippen LogP contribution is -2.62. The maximum Gasteiger partial charge on any atom is 0.326 e. The molecule has 0 aliphatic heterocycles. The molecule has 0 radical (unpaired) electrons. The van der Waals surface area contributed by atoms with Crippen LogP contribution in [0.1, 0.15) is 75.3 Å². The average Bonchev–Trinajstić information content (AvgIpc) is 1.36. The lowest BCUT2D eigenvalue weighted by Gasteiger charge is -2.64. The summed E-state index contributed by atoms with van der Waals surface area (Å²) in [6.45, 7) is 3.62. The molecule has 16 heteroatoms. The van der Waals surface area contributed by atoms with Crippen LogP contribution >= 0.6 is 0 Å². The van der Waals surface area contributed by atoms with E-state index in [1.54, 1.807) is 0 Å². The molecule has 0 amide bonds. The van der Waals surface area contributed by atoms with Crippen molar-refractivity contribution in [3.8, 4) is 0 Å². The molecule has 0 saturated heterocycles. The van der Waals surface area contributed by atoms with Crippen molar-refractivity contribution in [1.29, 1.82) is 0 Å². The van der Waals surface area contributed by atoms with E-state index in [9.17, 15) is 20.4 Å². The molecular formula is C77H78N4O12+4. The smallest absolute Gasteiger partial charge is 0.326 e. The van der Waals surface area contributed by atoms with Gasteiger partial charge in [0, 0.05) is 27.6 Å². The summed E-state index contributed by atoms with van der Waals surface area (Å²) in [7, 11) is 16.2. The van der Waals surface area contributed by atoms with Crippen LogP contribution in [0.25, 0.3) is 109 Å². The lowest BCUT2D eigenvalue weighted by atomic mass is 9.38. The van der Waals surface area contributed by atoms with Crippen molar-refractivity contribution in [2.75, 3.05) is 162 Å². The van der Waals surface area contributed by atoms with E-state index in [-0.39, 0.29) is 64.7 Å². The molecule has 16 nitrogen and oxygen atoms in total. The van der Waals surface area contributed by atoms with E-state index in [1.807, 2.05) is 56.4 Å². The maximum atomic E-state index is 17.0. The first kappa shape index (κ1) is 55.2. The van der Waals surface area contributed by atoms with Crippen molar-refractivity contribution in [3.05, 3.63) is 92.1 Å². The molecule has 93 heavy (non-hydrogen) atoms. The summed E-state index contributed by atoms with van der Waals surface area (Å²) in [5, 5.41) is 61.2. The number of esters is 4. The predicted octanol–water partition coefficient (Wildman–Crippen LogP) is 6.92. The second-order valence-corrected chi connectivity index (χ2v) is 33.2. The van der Waals surface area contributed by atoms with E-state index >= 15 is 19.2 Å². The molecule has 11 aliphatic rings. The molecule has 7 atom stereocenters. The largest absolute Gasteiger partial charge is 0.459 e. The van der Waals surface area contributed by atoms with E-state index in [0.717, 1.165) is 121 Å². The van der Waals surface area contributed by atoms with Crippen LogP contribution in [0.5, 0.6) is 0 Å². The van der Waals surface area contributed by atoms with E-state index in [4.69, 9.17) is 18.9 Å². The van der Waals surface area contributed by atoms with Crippen molar-refractivity contribution in [2.45, 2.75) is 53.3 Å². The summed E-state index contributed by atoms with van der Waals surface area (Å²) in [6.07, 6.45) is 9.77. The predicted molar refractivity (Wildman–Crippen MR) is 353 cm³/mol. The first-order valence-corrected chi connectivity index (χ1v) is 34.2. The number of quaternary nitrogens is 4. The number of allylic oxidation sites excluding steroid dienone is 2. The first-order valence-electron chi connectivity index (χ1n) is 34.2. The van der Waals surface area contributed by atoms with E-state index in [0.29, 0.717) is 89.6 Å². The summed E-state index contributed by atoms with van der Waals surface area (Å²) < 4.78 is 29.0. The van der Waals surface area contributed by atoms with Gasteiger partial charge < -0.3 is 57.3 Å². The van der Waals surface area contributed by atoms with Gasteiger partial charge in [-0.05, 0) is 191 Å². The van der Waals surface area contributed by atoms with Crippen LogP contribution in [0.2, 0.25) is 0 Å². The van der Waals surface area contributed by atoms with Crippen LogP contribution in [0.15, 0.2) is 42.0 Å². The first-order chi connectivity index (χ1) is 44.5. The Bertz CT molecular complexity index is 5270. The highest BCUT2D eigenvalue weighted by molar-refractivity contribution is 6.57. The second kappa shape index (κ2) is 16.1. The number of likely N-dealkylation sites (N-methyl/N-ethyl adjacent to an activating group) is 4. The summed E-state index contributed by atoms with van der Waals surface area (Å²) in [4.78, 5) is 67.6. The molecule has 7 unspecified atom stereocenters. The van der Waals surface area contributed by atoms with Gasteiger partial charge in [0.15, 0.2) is 10.8 Å². The molecule has 21 rings (SSSR count). The number of rotatable bonds is 24. The normalized spacial score (nSPS) is 28.0. The lowest BCUT2D eigenvalue weighted by molar-refractivity contribution is -0.890. The number of carbonyl (C=O) groups is 4. The third-order valence-electron chi connectivity index (χ3n) is 28.1. The number of carbonyl (C=O) groups excluding carboxylic acids is 4. The van der Waals surface area contributed by atoms with E-state index in [1.165, 1.54) is 38.2 Å². The molecule has 474 valence electrons. The molecule has 4 saturated carbocycles. The SMILES string of the molecule is C[N+](C)(CCO)CCOC(=O)C1(C(=O)OCC[N+](C)(C)CCO)C23CCc4cc5cc6c7c8c9c%10c%11c%12c%13c(cc%14ccc2c2c%15c%16c%17c(c4C%1613)c5c7c9c%17c%11c%15c%13c%142)C=C1CC2CC8(C=C6)C23C(C(=O)OCC[N+](C)(C)CCO)(C(=O)OCC[N+](C)(C)CCO)C%103C1%12. The zero-order valence-corrected chi connectivity index (χ0v) is 54.3. The topological polar surface area (TPSA) is 186 Å². The van der Waals surface area contributed by atoms with Crippen LogP contribution < -0.4 is 0 Å². The monoisotopic (exact) mass is 1250 g/mol. The molecule has 11 aliphatic carbocycles. The molecule has 10 aromatic carbocycles. The highest BCUT2D eigenvalue weighted by Crippen LogP contribution is 3.04.